The molecule has 2 fully saturated rings. The van der Waals surface area contributed by atoms with Gasteiger partial charge in [0, 0.05) is 25.1 Å². The van der Waals surface area contributed by atoms with Crippen molar-refractivity contribution in [1.29, 1.82) is 0 Å². The Kier molecular flexibility index (Phi) is 4.69. The molecule has 98 valence electrons. The van der Waals surface area contributed by atoms with Gasteiger partial charge in [0.05, 0.1) is 12.0 Å². The summed E-state index contributed by atoms with van der Waals surface area (Å²) in [6, 6.07) is 0.363. The smallest absolute Gasteiger partial charge is 0.228 e. The maximum absolute atomic E-state index is 12.5. The van der Waals surface area contributed by atoms with Gasteiger partial charge in [0.2, 0.25) is 5.91 Å². The van der Waals surface area contributed by atoms with Gasteiger partial charge in [-0.1, -0.05) is 0 Å². The summed E-state index contributed by atoms with van der Waals surface area (Å²) in [5.41, 5.74) is 0. The van der Waals surface area contributed by atoms with Crippen molar-refractivity contribution in [2.24, 2.45) is 5.92 Å². The van der Waals surface area contributed by atoms with Crippen LogP contribution in [0.2, 0.25) is 0 Å². The predicted molar refractivity (Wildman–Crippen MR) is 68.2 cm³/mol. The number of amides is 1. The van der Waals surface area contributed by atoms with Crippen molar-refractivity contribution in [2.45, 2.75) is 51.2 Å². The fourth-order valence-electron chi connectivity index (χ4n) is 2.99. The van der Waals surface area contributed by atoms with Crippen LogP contribution in [-0.4, -0.2) is 42.0 Å². The number of piperidine rings is 1. The lowest BCUT2D eigenvalue weighted by Gasteiger charge is -2.37. The molecule has 17 heavy (non-hydrogen) atoms. The molecule has 2 saturated heterocycles. The first kappa shape index (κ1) is 13.2. The summed E-state index contributed by atoms with van der Waals surface area (Å²) in [7, 11) is 0. The monoisotopic (exact) mass is 259 g/mol. The highest BCUT2D eigenvalue weighted by Gasteiger charge is 2.36. The van der Waals surface area contributed by atoms with E-state index in [0.29, 0.717) is 17.8 Å². The molecule has 2 rings (SSSR count). The maximum Gasteiger partial charge on any atom is 0.228 e. The second-order valence-electron chi connectivity index (χ2n) is 5.13. The molecule has 0 aliphatic carbocycles. The van der Waals surface area contributed by atoms with E-state index >= 15 is 0 Å². The van der Waals surface area contributed by atoms with Crippen molar-refractivity contribution < 1.29 is 9.53 Å². The first-order valence-electron chi connectivity index (χ1n) is 6.72. The summed E-state index contributed by atoms with van der Waals surface area (Å²) in [5, 5.41) is 0. The van der Waals surface area contributed by atoms with Gasteiger partial charge in [-0.05, 0) is 39.0 Å². The number of hydrogen-bond donors (Lipinski definition) is 0. The predicted octanol–water partition coefficient (Wildman–Crippen LogP) is 2.42. The normalized spacial score (nSPS) is 34.0. The van der Waals surface area contributed by atoms with Crippen molar-refractivity contribution in [2.75, 3.05) is 19.0 Å². The van der Waals surface area contributed by atoms with Gasteiger partial charge in [-0.2, -0.15) is 0 Å². The number of nitrogens with zero attached hydrogens (tertiary/aromatic N) is 1. The Hall–Kier alpha value is -0.280. The third-order valence-corrected chi connectivity index (χ3v) is 4.26. The summed E-state index contributed by atoms with van der Waals surface area (Å²) >= 11 is 5.83. The zero-order valence-corrected chi connectivity index (χ0v) is 11.3. The summed E-state index contributed by atoms with van der Waals surface area (Å²) in [5.74, 6) is 1.02. The highest BCUT2D eigenvalue weighted by Crippen LogP contribution is 2.27. The molecule has 3 nitrogen and oxygen atoms in total. The topological polar surface area (TPSA) is 29.5 Å². The summed E-state index contributed by atoms with van der Waals surface area (Å²) in [6.45, 7) is 3.64. The van der Waals surface area contributed by atoms with E-state index in [1.165, 1.54) is 6.42 Å². The fraction of sp³-hybridized carbons (Fsp3) is 0.923. The molecule has 2 aliphatic rings. The molecule has 0 saturated carbocycles. The first-order chi connectivity index (χ1) is 8.24. The number of likely N-dealkylation sites (tertiary alicyclic amines) is 1. The van der Waals surface area contributed by atoms with Gasteiger partial charge in [0.1, 0.15) is 0 Å². The van der Waals surface area contributed by atoms with Crippen LogP contribution in [0.3, 0.4) is 0 Å². The van der Waals surface area contributed by atoms with Crippen LogP contribution in [0.4, 0.5) is 0 Å². The van der Waals surface area contributed by atoms with E-state index in [1.807, 2.05) is 6.92 Å². The zero-order chi connectivity index (χ0) is 12.3. The van der Waals surface area contributed by atoms with Crippen molar-refractivity contribution in [1.82, 2.24) is 4.90 Å². The van der Waals surface area contributed by atoms with Crippen LogP contribution in [-0.2, 0) is 9.53 Å². The van der Waals surface area contributed by atoms with E-state index in [0.717, 1.165) is 38.8 Å². The molecule has 4 heteroatoms. The minimum absolute atomic E-state index is 0.0749. The average molecular weight is 260 g/mol. The second-order valence-corrected chi connectivity index (χ2v) is 5.51. The van der Waals surface area contributed by atoms with Crippen molar-refractivity contribution in [3.05, 3.63) is 0 Å². The fourth-order valence-corrected chi connectivity index (χ4v) is 3.24. The standard InChI is InChI=1S/C13H22ClNO2/c1-10-12(6-9-17-10)13(16)15-8-3-2-4-11(15)5-7-14/h10-12H,2-9H2,1H3. The Morgan fingerprint density at radius 2 is 2.24 bits per heavy atom. The number of rotatable bonds is 3. The SMILES string of the molecule is CC1OCCC1C(=O)N1CCCCC1CCCl. The molecule has 0 radical (unpaired) electrons. The quantitative estimate of drug-likeness (QED) is 0.729. The number of hydrogen-bond acceptors (Lipinski definition) is 2. The average Bonchev–Trinajstić information content (AvgIpc) is 2.76. The lowest BCUT2D eigenvalue weighted by atomic mass is 9.95. The molecule has 3 atom stereocenters. The Morgan fingerprint density at radius 1 is 1.41 bits per heavy atom. The maximum atomic E-state index is 12.5. The third kappa shape index (κ3) is 2.94. The van der Waals surface area contributed by atoms with Crippen LogP contribution in [0.5, 0.6) is 0 Å². The number of carbonyl (C=O) groups excluding carboxylic acids is 1. The highest BCUT2D eigenvalue weighted by atomic mass is 35.5. The summed E-state index contributed by atoms with van der Waals surface area (Å²) in [4.78, 5) is 14.6. The highest BCUT2D eigenvalue weighted by molar-refractivity contribution is 6.17. The molecule has 0 aromatic rings. The lowest BCUT2D eigenvalue weighted by Crippen LogP contribution is -2.47. The minimum Gasteiger partial charge on any atom is -0.378 e. The molecular weight excluding hydrogens is 238 g/mol. The molecule has 0 aromatic carbocycles. The third-order valence-electron chi connectivity index (χ3n) is 4.05. The molecule has 0 aromatic heterocycles. The van der Waals surface area contributed by atoms with Crippen LogP contribution in [0.1, 0.15) is 39.0 Å². The number of ether oxygens (including phenoxy) is 1. The Balaban J connectivity index is 2.00. The summed E-state index contributed by atoms with van der Waals surface area (Å²) < 4.78 is 5.50. The van der Waals surface area contributed by atoms with E-state index in [2.05, 4.69) is 4.90 Å². The van der Waals surface area contributed by atoms with Crippen LogP contribution in [0.25, 0.3) is 0 Å². The largest absolute Gasteiger partial charge is 0.378 e. The van der Waals surface area contributed by atoms with Gasteiger partial charge < -0.3 is 9.64 Å². The van der Waals surface area contributed by atoms with Gasteiger partial charge in [0.15, 0.2) is 0 Å². The number of carbonyl (C=O) groups is 1. The van der Waals surface area contributed by atoms with Crippen LogP contribution in [0.15, 0.2) is 0 Å². The van der Waals surface area contributed by atoms with E-state index in [4.69, 9.17) is 16.3 Å². The first-order valence-corrected chi connectivity index (χ1v) is 7.25. The molecular formula is C13H22ClNO2. The number of halogens is 1. The Morgan fingerprint density at radius 3 is 2.88 bits per heavy atom. The Bertz CT molecular complexity index is 270. The van der Waals surface area contributed by atoms with Gasteiger partial charge in [0.25, 0.3) is 0 Å². The summed E-state index contributed by atoms with van der Waals surface area (Å²) in [6.07, 6.45) is 5.36. The molecule has 2 aliphatic heterocycles. The van der Waals surface area contributed by atoms with E-state index in [1.54, 1.807) is 0 Å². The van der Waals surface area contributed by atoms with E-state index < -0.39 is 0 Å². The van der Waals surface area contributed by atoms with Crippen LogP contribution < -0.4 is 0 Å². The van der Waals surface area contributed by atoms with E-state index in [9.17, 15) is 4.79 Å². The van der Waals surface area contributed by atoms with Crippen molar-refractivity contribution >= 4 is 17.5 Å². The van der Waals surface area contributed by atoms with Gasteiger partial charge in [-0.3, -0.25) is 4.79 Å². The van der Waals surface area contributed by atoms with Gasteiger partial charge >= 0.3 is 0 Å². The number of alkyl halides is 1. The van der Waals surface area contributed by atoms with E-state index in [-0.39, 0.29) is 12.0 Å². The molecule has 0 spiro atoms. The molecule has 2 heterocycles. The van der Waals surface area contributed by atoms with Crippen molar-refractivity contribution in [3.63, 3.8) is 0 Å². The molecule has 0 bridgehead atoms. The zero-order valence-electron chi connectivity index (χ0n) is 10.5. The van der Waals surface area contributed by atoms with Crippen molar-refractivity contribution in [3.8, 4) is 0 Å². The van der Waals surface area contributed by atoms with Crippen LogP contribution in [0, 0.1) is 5.92 Å². The van der Waals surface area contributed by atoms with Gasteiger partial charge in [-0.15, -0.1) is 11.6 Å². The Labute approximate surface area is 108 Å². The second kappa shape index (κ2) is 6.05. The molecule has 1 amide bonds. The van der Waals surface area contributed by atoms with Crippen LogP contribution >= 0.6 is 11.6 Å². The molecule has 0 N–H and O–H groups in total. The minimum atomic E-state index is 0.0749. The molecule has 3 unspecified atom stereocenters. The van der Waals surface area contributed by atoms with Gasteiger partial charge in [-0.25, -0.2) is 0 Å². The lowest BCUT2D eigenvalue weighted by molar-refractivity contribution is -0.140.